The van der Waals surface area contributed by atoms with Crippen molar-refractivity contribution >= 4 is 5.91 Å². The first kappa shape index (κ1) is 15.4. The van der Waals surface area contributed by atoms with Gasteiger partial charge in [0.2, 0.25) is 5.91 Å². The minimum absolute atomic E-state index is 0.216. The molecule has 1 saturated heterocycles. The van der Waals surface area contributed by atoms with Crippen LogP contribution in [-0.2, 0) is 9.53 Å². The molecule has 0 N–H and O–H groups in total. The molecule has 0 bridgehead atoms. The lowest BCUT2D eigenvalue weighted by Gasteiger charge is -2.40. The van der Waals surface area contributed by atoms with Crippen molar-refractivity contribution in [2.75, 3.05) is 39.9 Å². The highest BCUT2D eigenvalue weighted by atomic mass is 16.5. The summed E-state index contributed by atoms with van der Waals surface area (Å²) in [6, 6.07) is 0.620. The Labute approximate surface area is 111 Å². The van der Waals surface area contributed by atoms with E-state index < -0.39 is 5.41 Å². The fraction of sp³-hybridized carbons (Fsp3) is 0.929. The zero-order valence-electron chi connectivity index (χ0n) is 12.5. The number of methoxy groups -OCH3 is 1. The summed E-state index contributed by atoms with van der Waals surface area (Å²) in [5, 5.41) is 0. The van der Waals surface area contributed by atoms with Crippen molar-refractivity contribution in [3.8, 4) is 0 Å². The minimum Gasteiger partial charge on any atom is -0.384 e. The third kappa shape index (κ3) is 3.69. The number of piperazine rings is 1. The summed E-state index contributed by atoms with van der Waals surface area (Å²) in [4.78, 5) is 16.8. The normalized spacial score (nSPS) is 19.9. The third-order valence-corrected chi connectivity index (χ3v) is 3.90. The van der Waals surface area contributed by atoms with Crippen LogP contribution in [0, 0.1) is 5.41 Å². The van der Waals surface area contributed by atoms with E-state index in [1.54, 1.807) is 7.11 Å². The van der Waals surface area contributed by atoms with E-state index >= 15 is 0 Å². The molecule has 0 aromatic carbocycles. The van der Waals surface area contributed by atoms with Crippen LogP contribution < -0.4 is 0 Å². The Bertz CT molecular complexity index is 271. The van der Waals surface area contributed by atoms with E-state index in [-0.39, 0.29) is 5.91 Å². The number of carbonyl (C=O) groups is 1. The maximum absolute atomic E-state index is 12.4. The molecule has 1 rings (SSSR count). The van der Waals surface area contributed by atoms with Crippen LogP contribution >= 0.6 is 0 Å². The highest BCUT2D eigenvalue weighted by molar-refractivity contribution is 5.82. The summed E-state index contributed by atoms with van der Waals surface area (Å²) in [7, 11) is 1.65. The van der Waals surface area contributed by atoms with E-state index in [1.165, 1.54) is 6.42 Å². The van der Waals surface area contributed by atoms with Gasteiger partial charge in [0.25, 0.3) is 0 Å². The molecule has 4 heteroatoms. The summed E-state index contributed by atoms with van der Waals surface area (Å²) in [5.41, 5.74) is -0.409. The van der Waals surface area contributed by atoms with Crippen LogP contribution in [-0.4, -0.2) is 61.6 Å². The number of hydrogen-bond donors (Lipinski definition) is 0. The van der Waals surface area contributed by atoms with Gasteiger partial charge in [0.15, 0.2) is 0 Å². The summed E-state index contributed by atoms with van der Waals surface area (Å²) in [6.45, 7) is 12.5. The number of rotatable bonds is 5. The molecule has 1 heterocycles. The molecule has 1 aliphatic rings. The van der Waals surface area contributed by atoms with E-state index in [0.717, 1.165) is 26.2 Å². The first-order chi connectivity index (χ1) is 8.42. The van der Waals surface area contributed by atoms with Gasteiger partial charge in [-0.2, -0.15) is 0 Å². The molecule has 1 amide bonds. The number of carbonyl (C=O) groups excluding carboxylic acids is 1. The number of ether oxygens (including phenoxy) is 1. The van der Waals surface area contributed by atoms with Crippen molar-refractivity contribution < 1.29 is 9.53 Å². The smallest absolute Gasteiger partial charge is 0.230 e. The van der Waals surface area contributed by atoms with Crippen LogP contribution in [0.1, 0.15) is 34.1 Å². The Balaban J connectivity index is 2.50. The monoisotopic (exact) mass is 256 g/mol. The average Bonchev–Trinajstić information content (AvgIpc) is 2.37. The summed E-state index contributed by atoms with van der Waals surface area (Å²) in [5.74, 6) is 0.216. The lowest BCUT2D eigenvalue weighted by Crippen LogP contribution is -2.54. The zero-order chi connectivity index (χ0) is 13.8. The maximum atomic E-state index is 12.4. The van der Waals surface area contributed by atoms with E-state index in [1.807, 2.05) is 18.7 Å². The Kier molecular flexibility index (Phi) is 5.60. The van der Waals surface area contributed by atoms with Crippen LogP contribution in [0.2, 0.25) is 0 Å². The molecule has 1 unspecified atom stereocenters. The van der Waals surface area contributed by atoms with Gasteiger partial charge in [0.05, 0.1) is 12.0 Å². The van der Waals surface area contributed by atoms with Crippen molar-refractivity contribution in [3.63, 3.8) is 0 Å². The predicted octanol–water partition coefficient (Wildman–Crippen LogP) is 1.60. The topological polar surface area (TPSA) is 32.8 Å². The average molecular weight is 256 g/mol. The van der Waals surface area contributed by atoms with Gasteiger partial charge >= 0.3 is 0 Å². The van der Waals surface area contributed by atoms with Crippen LogP contribution in [0.15, 0.2) is 0 Å². The van der Waals surface area contributed by atoms with Crippen LogP contribution in [0.5, 0.6) is 0 Å². The Morgan fingerprint density at radius 3 is 2.28 bits per heavy atom. The highest BCUT2D eigenvalue weighted by Crippen LogP contribution is 2.21. The molecule has 18 heavy (non-hydrogen) atoms. The lowest BCUT2D eigenvalue weighted by atomic mass is 9.92. The lowest BCUT2D eigenvalue weighted by molar-refractivity contribution is -0.145. The largest absolute Gasteiger partial charge is 0.384 e. The number of hydrogen-bond acceptors (Lipinski definition) is 3. The molecule has 0 aromatic rings. The van der Waals surface area contributed by atoms with Gasteiger partial charge in [0, 0.05) is 39.3 Å². The molecule has 0 aromatic heterocycles. The van der Waals surface area contributed by atoms with E-state index in [0.29, 0.717) is 12.6 Å². The molecule has 1 aliphatic heterocycles. The Morgan fingerprint density at radius 1 is 1.28 bits per heavy atom. The number of nitrogens with zero attached hydrogens (tertiary/aromatic N) is 2. The molecule has 0 radical (unpaired) electrons. The predicted molar refractivity (Wildman–Crippen MR) is 73.6 cm³/mol. The highest BCUT2D eigenvalue weighted by Gasteiger charge is 2.34. The fourth-order valence-electron chi connectivity index (χ4n) is 2.47. The third-order valence-electron chi connectivity index (χ3n) is 3.90. The Hall–Kier alpha value is -0.610. The van der Waals surface area contributed by atoms with Crippen LogP contribution in [0.4, 0.5) is 0 Å². The van der Waals surface area contributed by atoms with Crippen molar-refractivity contribution in [1.82, 2.24) is 9.80 Å². The van der Waals surface area contributed by atoms with Crippen molar-refractivity contribution in [1.29, 1.82) is 0 Å². The zero-order valence-corrected chi connectivity index (χ0v) is 12.5. The standard InChI is InChI=1S/C14H28N2O2/c1-6-12(2)15-7-9-16(10-8-15)13(17)14(3,4)11-18-5/h12H,6-11H2,1-5H3. The van der Waals surface area contributed by atoms with Gasteiger partial charge in [-0.25, -0.2) is 0 Å². The summed E-state index contributed by atoms with van der Waals surface area (Å²) >= 11 is 0. The van der Waals surface area contributed by atoms with E-state index in [4.69, 9.17) is 4.74 Å². The van der Waals surface area contributed by atoms with Gasteiger partial charge in [-0.3, -0.25) is 9.69 Å². The second-order valence-corrected chi connectivity index (χ2v) is 5.90. The van der Waals surface area contributed by atoms with Gasteiger partial charge in [-0.1, -0.05) is 6.92 Å². The van der Waals surface area contributed by atoms with Gasteiger partial charge in [-0.05, 0) is 27.2 Å². The minimum atomic E-state index is -0.409. The van der Waals surface area contributed by atoms with Crippen molar-refractivity contribution in [3.05, 3.63) is 0 Å². The van der Waals surface area contributed by atoms with Gasteiger partial charge in [0.1, 0.15) is 0 Å². The van der Waals surface area contributed by atoms with Gasteiger partial charge in [-0.15, -0.1) is 0 Å². The molecular weight excluding hydrogens is 228 g/mol. The number of amides is 1. The summed E-state index contributed by atoms with van der Waals surface area (Å²) < 4.78 is 5.14. The Morgan fingerprint density at radius 2 is 1.83 bits per heavy atom. The van der Waals surface area contributed by atoms with Crippen LogP contribution in [0.3, 0.4) is 0 Å². The molecular formula is C14H28N2O2. The van der Waals surface area contributed by atoms with Crippen molar-refractivity contribution in [2.24, 2.45) is 5.41 Å². The molecule has 0 aliphatic carbocycles. The van der Waals surface area contributed by atoms with E-state index in [9.17, 15) is 4.79 Å². The molecule has 106 valence electrons. The summed E-state index contributed by atoms with van der Waals surface area (Å²) in [6.07, 6.45) is 1.17. The maximum Gasteiger partial charge on any atom is 0.230 e. The second-order valence-electron chi connectivity index (χ2n) is 5.90. The molecule has 0 saturated carbocycles. The first-order valence-electron chi connectivity index (χ1n) is 6.94. The van der Waals surface area contributed by atoms with Crippen molar-refractivity contribution in [2.45, 2.75) is 40.2 Å². The molecule has 0 spiro atoms. The molecule has 4 nitrogen and oxygen atoms in total. The van der Waals surface area contributed by atoms with Gasteiger partial charge < -0.3 is 9.64 Å². The first-order valence-corrected chi connectivity index (χ1v) is 6.94. The van der Waals surface area contributed by atoms with Crippen LogP contribution in [0.25, 0.3) is 0 Å². The van der Waals surface area contributed by atoms with E-state index in [2.05, 4.69) is 18.7 Å². The SMILES string of the molecule is CCC(C)N1CCN(C(=O)C(C)(C)COC)CC1. The quantitative estimate of drug-likeness (QED) is 0.749. The molecule has 1 atom stereocenters. The molecule has 1 fully saturated rings. The second kappa shape index (κ2) is 6.53. The fourth-order valence-corrected chi connectivity index (χ4v) is 2.47.